The molecule has 24 heavy (non-hydrogen) atoms. The second-order valence-electron chi connectivity index (χ2n) is 4.97. The van der Waals surface area contributed by atoms with Crippen molar-refractivity contribution in [2.75, 3.05) is 11.9 Å². The van der Waals surface area contributed by atoms with E-state index in [-0.39, 0.29) is 18.1 Å². The van der Waals surface area contributed by atoms with Gasteiger partial charge in [-0.05, 0) is 11.6 Å². The summed E-state index contributed by atoms with van der Waals surface area (Å²) in [6, 6.07) is 9.29. The van der Waals surface area contributed by atoms with E-state index in [1.807, 2.05) is 0 Å². The van der Waals surface area contributed by atoms with Crippen LogP contribution in [0.25, 0.3) is 0 Å². The first-order chi connectivity index (χ1) is 11.4. The minimum absolute atomic E-state index is 0.0248. The summed E-state index contributed by atoms with van der Waals surface area (Å²) >= 11 is 0. The molecule has 0 aliphatic carbocycles. The molecular weight excluding hydrogens is 325 g/mol. The number of anilines is 1. The summed E-state index contributed by atoms with van der Waals surface area (Å²) in [6.07, 6.45) is -3.24. The molecule has 0 unspecified atom stereocenters. The van der Waals surface area contributed by atoms with Crippen molar-refractivity contribution in [3.63, 3.8) is 0 Å². The Morgan fingerprint density at radius 3 is 2.50 bits per heavy atom. The van der Waals surface area contributed by atoms with E-state index in [1.54, 1.807) is 30.3 Å². The Hall–Kier alpha value is -2.68. The molecule has 0 amide bonds. The van der Waals surface area contributed by atoms with Crippen LogP contribution in [-0.4, -0.2) is 28.7 Å². The van der Waals surface area contributed by atoms with Crippen molar-refractivity contribution in [3.05, 3.63) is 64.3 Å². The Balaban J connectivity index is 2.03. The predicted octanol–water partition coefficient (Wildman–Crippen LogP) is 3.12. The van der Waals surface area contributed by atoms with Crippen molar-refractivity contribution < 1.29 is 18.1 Å². The van der Waals surface area contributed by atoms with Crippen LogP contribution in [0.3, 0.4) is 0 Å². The highest BCUT2D eigenvalue weighted by atomic mass is 19.4. The van der Waals surface area contributed by atoms with Gasteiger partial charge in [-0.15, -0.1) is 0 Å². The number of nitrogens with one attached hydrogen (secondary N) is 2. The number of aromatic nitrogens is 1. The number of benzene rings is 1. The Morgan fingerprint density at radius 1 is 1.17 bits per heavy atom. The van der Waals surface area contributed by atoms with Crippen molar-refractivity contribution in [3.8, 4) is 0 Å². The second-order valence-corrected chi connectivity index (χ2v) is 4.97. The van der Waals surface area contributed by atoms with Crippen LogP contribution in [0.4, 0.5) is 24.7 Å². The molecule has 9 heteroatoms. The third-order valence-electron chi connectivity index (χ3n) is 3.25. The zero-order chi connectivity index (χ0) is 17.6. The van der Waals surface area contributed by atoms with Gasteiger partial charge >= 0.3 is 11.9 Å². The first-order valence-electron chi connectivity index (χ1n) is 7.05. The molecule has 0 fully saturated rings. The number of halogens is 3. The van der Waals surface area contributed by atoms with E-state index in [0.717, 1.165) is 0 Å². The van der Waals surface area contributed by atoms with Gasteiger partial charge in [0.2, 0.25) is 5.82 Å². The molecule has 0 radical (unpaired) electrons. The van der Waals surface area contributed by atoms with Crippen LogP contribution in [0.15, 0.2) is 48.7 Å². The summed E-state index contributed by atoms with van der Waals surface area (Å²) in [5.41, 5.74) is 0.331. The zero-order valence-electron chi connectivity index (χ0n) is 12.5. The van der Waals surface area contributed by atoms with E-state index < -0.39 is 23.7 Å². The van der Waals surface area contributed by atoms with Crippen molar-refractivity contribution in [2.45, 2.75) is 18.8 Å². The minimum Gasteiger partial charge on any atom is -0.362 e. The highest BCUT2D eigenvalue weighted by Gasteiger charge is 2.39. The molecular formula is C15H15F3N4O2. The third-order valence-corrected chi connectivity index (χ3v) is 3.25. The molecule has 0 spiro atoms. The van der Waals surface area contributed by atoms with Gasteiger partial charge in [-0.3, -0.25) is 10.1 Å². The summed E-state index contributed by atoms with van der Waals surface area (Å²) in [5.74, 6) is -0.196. The fourth-order valence-corrected chi connectivity index (χ4v) is 2.02. The summed E-state index contributed by atoms with van der Waals surface area (Å²) in [4.78, 5) is 13.9. The van der Waals surface area contributed by atoms with Crippen molar-refractivity contribution in [1.29, 1.82) is 0 Å². The van der Waals surface area contributed by atoms with E-state index in [2.05, 4.69) is 15.6 Å². The summed E-state index contributed by atoms with van der Waals surface area (Å²) in [6.45, 7) is -0.550. The summed E-state index contributed by atoms with van der Waals surface area (Å²) in [5, 5.41) is 15.7. The lowest BCUT2D eigenvalue weighted by Crippen LogP contribution is -2.46. The van der Waals surface area contributed by atoms with Crippen LogP contribution >= 0.6 is 0 Å². The zero-order valence-corrected chi connectivity index (χ0v) is 12.5. The average Bonchev–Trinajstić information content (AvgIpc) is 2.54. The topological polar surface area (TPSA) is 80.1 Å². The maximum atomic E-state index is 13.1. The second kappa shape index (κ2) is 7.73. The van der Waals surface area contributed by atoms with Gasteiger partial charge < -0.3 is 10.6 Å². The number of rotatable bonds is 7. The average molecular weight is 340 g/mol. The van der Waals surface area contributed by atoms with E-state index in [9.17, 15) is 23.3 Å². The molecule has 0 saturated heterocycles. The number of nitrogens with zero attached hydrogens (tertiary/aromatic N) is 2. The molecule has 1 atom stereocenters. The largest absolute Gasteiger partial charge is 0.405 e. The monoisotopic (exact) mass is 340 g/mol. The maximum Gasteiger partial charge on any atom is 0.405 e. The molecule has 128 valence electrons. The number of hydrogen-bond acceptors (Lipinski definition) is 5. The van der Waals surface area contributed by atoms with E-state index >= 15 is 0 Å². The molecule has 0 saturated carbocycles. The lowest BCUT2D eigenvalue weighted by Gasteiger charge is -2.22. The quantitative estimate of drug-likeness (QED) is 0.598. The van der Waals surface area contributed by atoms with Crippen LogP contribution in [-0.2, 0) is 6.54 Å². The van der Waals surface area contributed by atoms with Crippen LogP contribution in [0.2, 0.25) is 0 Å². The van der Waals surface area contributed by atoms with E-state index in [0.29, 0.717) is 5.56 Å². The molecule has 2 N–H and O–H groups in total. The highest BCUT2D eigenvalue weighted by molar-refractivity contribution is 5.55. The van der Waals surface area contributed by atoms with Crippen LogP contribution in [0.1, 0.15) is 5.56 Å². The van der Waals surface area contributed by atoms with Gasteiger partial charge in [0.15, 0.2) is 0 Å². The molecule has 2 rings (SSSR count). The third kappa shape index (κ3) is 4.92. The fraction of sp³-hybridized carbons (Fsp3) is 0.267. The predicted molar refractivity (Wildman–Crippen MR) is 82.5 cm³/mol. The number of pyridine rings is 1. The molecule has 6 nitrogen and oxygen atoms in total. The van der Waals surface area contributed by atoms with Crippen molar-refractivity contribution in [1.82, 2.24) is 10.3 Å². The SMILES string of the molecule is O=[N+]([O-])c1cccnc1NC[C@H](NCc1ccccc1)C(F)(F)F. The number of alkyl halides is 3. The minimum atomic E-state index is -4.51. The molecule has 1 aromatic heterocycles. The van der Waals surface area contributed by atoms with E-state index in [1.165, 1.54) is 18.3 Å². The smallest absolute Gasteiger partial charge is 0.362 e. The maximum absolute atomic E-state index is 13.1. The van der Waals surface area contributed by atoms with Gasteiger partial charge in [0.25, 0.3) is 0 Å². The number of hydrogen-bond donors (Lipinski definition) is 2. The molecule has 1 aromatic carbocycles. The van der Waals surface area contributed by atoms with E-state index in [4.69, 9.17) is 0 Å². The summed E-state index contributed by atoms with van der Waals surface area (Å²) < 4.78 is 39.4. The Bertz CT molecular complexity index is 680. The molecule has 0 aliphatic heterocycles. The van der Waals surface area contributed by atoms with Gasteiger partial charge in [0, 0.05) is 25.4 Å². The molecule has 1 heterocycles. The standard InChI is InChI=1S/C15H15F3N4O2/c16-15(17,18)13(20-9-11-5-2-1-3-6-11)10-21-14-12(22(23)24)7-4-8-19-14/h1-8,13,20H,9-10H2,(H,19,21)/t13-/m0/s1. The molecule has 0 bridgehead atoms. The first-order valence-corrected chi connectivity index (χ1v) is 7.05. The van der Waals surface area contributed by atoms with Crippen molar-refractivity contribution in [2.24, 2.45) is 0 Å². The Kier molecular flexibility index (Phi) is 5.69. The fourth-order valence-electron chi connectivity index (χ4n) is 2.02. The van der Waals surface area contributed by atoms with Gasteiger partial charge in [0.05, 0.1) is 4.92 Å². The molecule has 0 aliphatic rings. The van der Waals surface area contributed by atoms with Crippen molar-refractivity contribution >= 4 is 11.5 Å². The first kappa shape index (κ1) is 17.7. The summed E-state index contributed by atoms with van der Waals surface area (Å²) in [7, 11) is 0. The van der Waals surface area contributed by atoms with Gasteiger partial charge in [-0.2, -0.15) is 13.2 Å². The van der Waals surface area contributed by atoms with Crippen LogP contribution < -0.4 is 10.6 Å². The van der Waals surface area contributed by atoms with Gasteiger partial charge in [0.1, 0.15) is 6.04 Å². The van der Waals surface area contributed by atoms with Gasteiger partial charge in [-0.1, -0.05) is 30.3 Å². The molecule has 2 aromatic rings. The van der Waals surface area contributed by atoms with Gasteiger partial charge in [-0.25, -0.2) is 4.98 Å². The number of nitro groups is 1. The normalized spacial score (nSPS) is 12.6. The lowest BCUT2D eigenvalue weighted by atomic mass is 10.2. The van der Waals surface area contributed by atoms with Crippen LogP contribution in [0.5, 0.6) is 0 Å². The Morgan fingerprint density at radius 2 is 1.88 bits per heavy atom. The lowest BCUT2D eigenvalue weighted by molar-refractivity contribution is -0.384. The van der Waals surface area contributed by atoms with Crippen LogP contribution in [0, 0.1) is 10.1 Å². The Labute approximate surface area is 135 Å². The highest BCUT2D eigenvalue weighted by Crippen LogP contribution is 2.24.